The molecule has 0 amide bonds. The van der Waals surface area contributed by atoms with Gasteiger partial charge in [0.1, 0.15) is 11.8 Å². The summed E-state index contributed by atoms with van der Waals surface area (Å²) in [6.45, 7) is 5.31. The molecule has 0 saturated heterocycles. The summed E-state index contributed by atoms with van der Waals surface area (Å²) < 4.78 is 10.1. The molecule has 0 bridgehead atoms. The van der Waals surface area contributed by atoms with Crippen LogP contribution in [0, 0.1) is 0 Å². The minimum absolute atomic E-state index is 0.0138. The zero-order chi connectivity index (χ0) is 17.4. The number of nitrogens with zero attached hydrogens (tertiary/aromatic N) is 2. The van der Waals surface area contributed by atoms with Crippen LogP contribution in [0.2, 0.25) is 5.15 Å². The predicted octanol–water partition coefficient (Wildman–Crippen LogP) is 2.57. The highest BCUT2D eigenvalue weighted by Crippen LogP contribution is 2.12. The van der Waals surface area contributed by atoms with E-state index in [-0.39, 0.29) is 12.7 Å². The van der Waals surface area contributed by atoms with Gasteiger partial charge in [0, 0.05) is 32.8 Å². The molecule has 23 heavy (non-hydrogen) atoms. The lowest BCUT2D eigenvalue weighted by Gasteiger charge is -2.22. The number of hydrogen-bond acceptors (Lipinski definition) is 6. The molecular weight excluding hydrogens is 320 g/mol. The Hall–Kier alpha value is -2.08. The van der Waals surface area contributed by atoms with E-state index in [9.17, 15) is 9.59 Å². The molecule has 0 unspecified atom stereocenters. The van der Waals surface area contributed by atoms with E-state index in [1.165, 1.54) is 13.0 Å². The SMILES string of the molecule is CC(=O)OCC(=CC(=O)OC(C)C)N(C)Cc1ccc(Cl)nc1. The molecule has 0 aliphatic rings. The fourth-order valence-electron chi connectivity index (χ4n) is 1.72. The second-order valence-corrected chi connectivity index (χ2v) is 5.63. The molecule has 0 saturated carbocycles. The van der Waals surface area contributed by atoms with Crippen LogP contribution in [0.15, 0.2) is 30.1 Å². The number of likely N-dealkylation sites (N-methyl/N-ethyl adjacent to an activating group) is 1. The molecule has 6 nitrogen and oxygen atoms in total. The number of carbonyl (C=O) groups is 2. The molecule has 0 N–H and O–H groups in total. The van der Waals surface area contributed by atoms with Gasteiger partial charge in [0.2, 0.25) is 0 Å². The van der Waals surface area contributed by atoms with Crippen LogP contribution in [0.25, 0.3) is 0 Å². The van der Waals surface area contributed by atoms with Crippen LogP contribution in [-0.4, -0.2) is 41.6 Å². The lowest BCUT2D eigenvalue weighted by atomic mass is 10.2. The number of aromatic nitrogens is 1. The normalized spacial score (nSPS) is 11.3. The van der Waals surface area contributed by atoms with Gasteiger partial charge in [-0.3, -0.25) is 4.79 Å². The van der Waals surface area contributed by atoms with E-state index >= 15 is 0 Å². The van der Waals surface area contributed by atoms with E-state index in [4.69, 9.17) is 21.1 Å². The fourth-order valence-corrected chi connectivity index (χ4v) is 1.83. The summed E-state index contributed by atoms with van der Waals surface area (Å²) in [6.07, 6.45) is 2.75. The molecule has 0 radical (unpaired) electrons. The van der Waals surface area contributed by atoms with Gasteiger partial charge in [0.15, 0.2) is 0 Å². The molecule has 0 aliphatic heterocycles. The first-order chi connectivity index (χ1) is 10.8. The van der Waals surface area contributed by atoms with Gasteiger partial charge in [-0.05, 0) is 25.5 Å². The number of carbonyl (C=O) groups excluding carboxylic acids is 2. The number of rotatable bonds is 7. The van der Waals surface area contributed by atoms with Gasteiger partial charge in [0.05, 0.1) is 11.8 Å². The third kappa shape index (κ3) is 7.65. The van der Waals surface area contributed by atoms with Crippen LogP contribution in [-0.2, 0) is 25.6 Å². The molecule has 1 aromatic heterocycles. The molecule has 0 aromatic carbocycles. The maximum atomic E-state index is 11.8. The Kier molecular flexibility index (Phi) is 7.54. The maximum absolute atomic E-state index is 11.8. The van der Waals surface area contributed by atoms with Crippen LogP contribution in [0.4, 0.5) is 0 Å². The van der Waals surface area contributed by atoms with Gasteiger partial charge in [-0.2, -0.15) is 0 Å². The molecule has 1 heterocycles. The Morgan fingerprint density at radius 1 is 1.39 bits per heavy atom. The summed E-state index contributed by atoms with van der Waals surface area (Å²) in [5.74, 6) is -0.905. The summed E-state index contributed by atoms with van der Waals surface area (Å²) in [5, 5.41) is 0.410. The Morgan fingerprint density at radius 2 is 2.09 bits per heavy atom. The van der Waals surface area contributed by atoms with Crippen LogP contribution in [0.5, 0.6) is 0 Å². The summed E-state index contributed by atoms with van der Waals surface area (Å²) in [6, 6.07) is 3.52. The second kappa shape index (κ2) is 9.15. The van der Waals surface area contributed by atoms with Crippen molar-refractivity contribution >= 4 is 23.5 Å². The minimum atomic E-state index is -0.483. The van der Waals surface area contributed by atoms with E-state index in [1.54, 1.807) is 38.1 Å². The smallest absolute Gasteiger partial charge is 0.332 e. The molecule has 7 heteroatoms. The second-order valence-electron chi connectivity index (χ2n) is 5.25. The van der Waals surface area contributed by atoms with Crippen LogP contribution < -0.4 is 0 Å². The maximum Gasteiger partial charge on any atom is 0.332 e. The fraction of sp³-hybridized carbons (Fsp3) is 0.438. The largest absolute Gasteiger partial charge is 0.460 e. The third-order valence-electron chi connectivity index (χ3n) is 2.76. The van der Waals surface area contributed by atoms with E-state index in [0.29, 0.717) is 17.4 Å². The van der Waals surface area contributed by atoms with Gasteiger partial charge in [-0.25, -0.2) is 9.78 Å². The molecule has 1 aromatic rings. The Balaban J connectivity index is 2.84. The topological polar surface area (TPSA) is 68.7 Å². The van der Waals surface area contributed by atoms with E-state index in [1.807, 2.05) is 6.07 Å². The number of halogens is 1. The average molecular weight is 341 g/mol. The van der Waals surface area contributed by atoms with E-state index < -0.39 is 11.9 Å². The van der Waals surface area contributed by atoms with Gasteiger partial charge < -0.3 is 14.4 Å². The minimum Gasteiger partial charge on any atom is -0.460 e. The highest BCUT2D eigenvalue weighted by molar-refractivity contribution is 6.29. The van der Waals surface area contributed by atoms with Gasteiger partial charge in [-0.15, -0.1) is 0 Å². The van der Waals surface area contributed by atoms with Crippen molar-refractivity contribution in [1.82, 2.24) is 9.88 Å². The molecule has 0 aliphatic carbocycles. The van der Waals surface area contributed by atoms with Crippen molar-refractivity contribution < 1.29 is 19.1 Å². The molecule has 0 atom stereocenters. The average Bonchev–Trinajstić information content (AvgIpc) is 2.44. The lowest BCUT2D eigenvalue weighted by Crippen LogP contribution is -2.23. The summed E-state index contributed by atoms with van der Waals surface area (Å²) in [4.78, 5) is 28.6. The van der Waals surface area contributed by atoms with Crippen molar-refractivity contribution in [1.29, 1.82) is 0 Å². The van der Waals surface area contributed by atoms with Gasteiger partial charge in [-0.1, -0.05) is 17.7 Å². The Bertz CT molecular complexity index is 570. The predicted molar refractivity (Wildman–Crippen MR) is 86.7 cm³/mol. The Labute approximate surface area is 141 Å². The van der Waals surface area contributed by atoms with E-state index in [2.05, 4.69) is 4.98 Å². The van der Waals surface area contributed by atoms with Crippen LogP contribution in [0.1, 0.15) is 26.3 Å². The van der Waals surface area contributed by atoms with Crippen LogP contribution in [0.3, 0.4) is 0 Å². The molecule has 1 rings (SSSR count). The third-order valence-corrected chi connectivity index (χ3v) is 2.98. The lowest BCUT2D eigenvalue weighted by molar-refractivity contribution is -0.143. The Morgan fingerprint density at radius 3 is 2.61 bits per heavy atom. The van der Waals surface area contributed by atoms with E-state index in [0.717, 1.165) is 5.56 Å². The van der Waals surface area contributed by atoms with Crippen molar-refractivity contribution in [2.24, 2.45) is 0 Å². The number of hydrogen-bond donors (Lipinski definition) is 0. The van der Waals surface area contributed by atoms with Crippen molar-refractivity contribution in [2.75, 3.05) is 13.7 Å². The van der Waals surface area contributed by atoms with Gasteiger partial charge >= 0.3 is 11.9 Å². The molecule has 126 valence electrons. The summed E-state index contributed by atoms with van der Waals surface area (Å²) in [7, 11) is 1.78. The monoisotopic (exact) mass is 340 g/mol. The zero-order valence-electron chi connectivity index (χ0n) is 13.7. The quantitative estimate of drug-likeness (QED) is 0.431. The first-order valence-corrected chi connectivity index (χ1v) is 7.52. The van der Waals surface area contributed by atoms with Crippen molar-refractivity contribution in [3.05, 3.63) is 40.8 Å². The number of ether oxygens (including phenoxy) is 2. The van der Waals surface area contributed by atoms with Crippen LogP contribution >= 0.6 is 11.6 Å². The van der Waals surface area contributed by atoms with Crippen molar-refractivity contribution in [2.45, 2.75) is 33.4 Å². The van der Waals surface area contributed by atoms with Crippen molar-refractivity contribution in [3.8, 4) is 0 Å². The highest BCUT2D eigenvalue weighted by atomic mass is 35.5. The molecule has 0 fully saturated rings. The molecule has 0 spiro atoms. The zero-order valence-corrected chi connectivity index (χ0v) is 14.5. The summed E-state index contributed by atoms with van der Waals surface area (Å²) >= 11 is 5.76. The highest BCUT2D eigenvalue weighted by Gasteiger charge is 2.12. The summed E-state index contributed by atoms with van der Waals surface area (Å²) in [5.41, 5.74) is 1.43. The standard InChI is InChI=1S/C16H21ClN2O4/c1-11(2)23-16(21)7-14(10-22-12(3)20)19(4)9-13-5-6-15(17)18-8-13/h5-8,11H,9-10H2,1-4H3. The van der Waals surface area contributed by atoms with Crippen molar-refractivity contribution in [3.63, 3.8) is 0 Å². The number of esters is 2. The number of pyridine rings is 1. The first kappa shape index (κ1) is 19.0. The first-order valence-electron chi connectivity index (χ1n) is 7.14. The van der Waals surface area contributed by atoms with Gasteiger partial charge in [0.25, 0.3) is 0 Å². The molecular formula is C16H21ClN2O4.